The Kier molecular flexibility index (Phi) is 3.18. The molecule has 2 heterocycles. The number of hydrogen-bond acceptors (Lipinski definition) is 3. The first-order chi connectivity index (χ1) is 9.81. The fraction of sp³-hybridized carbons (Fsp3) is 0.588. The molecule has 106 valence electrons. The van der Waals surface area contributed by atoms with Gasteiger partial charge in [-0.25, -0.2) is 4.98 Å². The van der Waals surface area contributed by atoms with E-state index in [0.29, 0.717) is 6.10 Å². The molecule has 0 N–H and O–H groups in total. The van der Waals surface area contributed by atoms with Gasteiger partial charge in [0.25, 0.3) is 0 Å². The van der Waals surface area contributed by atoms with Crippen LogP contribution in [-0.4, -0.2) is 11.1 Å². The summed E-state index contributed by atoms with van der Waals surface area (Å²) in [4.78, 5) is 7.47. The van der Waals surface area contributed by atoms with E-state index in [9.17, 15) is 0 Å². The standard InChI is InChI=1S/C17H21NOS/c1-11-10-14(19-12-6-3-2-4-7-12)16-13-8-5-9-15(13)20-17(16)18-11/h10,12H,2-9H2,1H3. The molecular weight excluding hydrogens is 266 g/mol. The van der Waals surface area contributed by atoms with Crippen molar-refractivity contribution in [2.75, 3.05) is 0 Å². The molecule has 0 atom stereocenters. The van der Waals surface area contributed by atoms with Crippen LogP contribution in [-0.2, 0) is 12.8 Å². The van der Waals surface area contributed by atoms with Gasteiger partial charge in [-0.05, 0) is 57.4 Å². The van der Waals surface area contributed by atoms with E-state index in [1.807, 2.05) is 11.3 Å². The quantitative estimate of drug-likeness (QED) is 0.791. The Balaban J connectivity index is 1.76. The maximum Gasteiger partial charge on any atom is 0.132 e. The molecule has 2 aromatic heterocycles. The molecule has 0 saturated heterocycles. The SMILES string of the molecule is Cc1cc(OC2CCCCC2)c2c3c(sc2n1)CCC3. The zero-order valence-corrected chi connectivity index (χ0v) is 12.9. The van der Waals surface area contributed by atoms with E-state index in [4.69, 9.17) is 9.72 Å². The molecule has 0 unspecified atom stereocenters. The second-order valence-corrected chi connectivity index (χ2v) is 7.26. The number of aryl methyl sites for hydroxylation is 3. The van der Waals surface area contributed by atoms with Gasteiger partial charge in [-0.15, -0.1) is 11.3 Å². The molecule has 0 bridgehead atoms. The lowest BCUT2D eigenvalue weighted by molar-refractivity contribution is 0.157. The molecule has 0 spiro atoms. The van der Waals surface area contributed by atoms with E-state index in [-0.39, 0.29) is 0 Å². The van der Waals surface area contributed by atoms with Gasteiger partial charge in [0.15, 0.2) is 0 Å². The molecule has 0 amide bonds. The van der Waals surface area contributed by atoms with E-state index in [1.165, 1.54) is 67.1 Å². The summed E-state index contributed by atoms with van der Waals surface area (Å²) in [6, 6.07) is 2.16. The Bertz CT molecular complexity index is 640. The third-order valence-electron chi connectivity index (χ3n) is 4.61. The topological polar surface area (TPSA) is 22.1 Å². The minimum Gasteiger partial charge on any atom is -0.490 e. The summed E-state index contributed by atoms with van der Waals surface area (Å²) in [6.45, 7) is 2.08. The molecule has 0 radical (unpaired) electrons. The molecular formula is C17H21NOS. The van der Waals surface area contributed by atoms with Crippen LogP contribution in [0.3, 0.4) is 0 Å². The predicted octanol–water partition coefficient (Wildman–Crippen LogP) is 4.80. The van der Waals surface area contributed by atoms with Crippen molar-refractivity contribution >= 4 is 21.6 Å². The molecule has 2 aliphatic carbocycles. The summed E-state index contributed by atoms with van der Waals surface area (Å²) in [7, 11) is 0. The van der Waals surface area contributed by atoms with Gasteiger partial charge in [-0.1, -0.05) is 6.42 Å². The highest BCUT2D eigenvalue weighted by molar-refractivity contribution is 7.19. The van der Waals surface area contributed by atoms with Crippen LogP contribution in [0.4, 0.5) is 0 Å². The Morgan fingerprint density at radius 2 is 2.00 bits per heavy atom. The third-order valence-corrected chi connectivity index (χ3v) is 5.80. The summed E-state index contributed by atoms with van der Waals surface area (Å²) >= 11 is 1.89. The number of thiophene rings is 1. The number of rotatable bonds is 2. The highest BCUT2D eigenvalue weighted by Crippen LogP contribution is 2.42. The monoisotopic (exact) mass is 287 g/mol. The van der Waals surface area contributed by atoms with Crippen LogP contribution < -0.4 is 4.74 Å². The smallest absolute Gasteiger partial charge is 0.132 e. The van der Waals surface area contributed by atoms with Crippen molar-refractivity contribution in [3.05, 3.63) is 22.2 Å². The maximum atomic E-state index is 6.40. The van der Waals surface area contributed by atoms with Gasteiger partial charge < -0.3 is 4.74 Å². The Morgan fingerprint density at radius 1 is 1.15 bits per heavy atom. The molecule has 2 aromatic rings. The van der Waals surface area contributed by atoms with Crippen LogP contribution in [0.5, 0.6) is 5.75 Å². The molecule has 20 heavy (non-hydrogen) atoms. The highest BCUT2D eigenvalue weighted by atomic mass is 32.1. The first kappa shape index (κ1) is 12.6. The lowest BCUT2D eigenvalue weighted by Crippen LogP contribution is -2.19. The normalized spacial score (nSPS) is 19.4. The van der Waals surface area contributed by atoms with Gasteiger partial charge in [0.05, 0.1) is 11.5 Å². The van der Waals surface area contributed by atoms with Crippen LogP contribution in [0.2, 0.25) is 0 Å². The van der Waals surface area contributed by atoms with Crippen LogP contribution >= 0.6 is 11.3 Å². The second kappa shape index (κ2) is 5.03. The molecule has 3 heteroatoms. The number of ether oxygens (including phenoxy) is 1. The second-order valence-electron chi connectivity index (χ2n) is 6.18. The van der Waals surface area contributed by atoms with Crippen molar-refractivity contribution in [3.8, 4) is 5.75 Å². The summed E-state index contributed by atoms with van der Waals surface area (Å²) in [6.07, 6.45) is 10.6. The Hall–Kier alpha value is -1.09. The summed E-state index contributed by atoms with van der Waals surface area (Å²) in [5, 5.41) is 1.33. The molecule has 0 aliphatic heterocycles. The molecule has 0 aromatic carbocycles. The predicted molar refractivity (Wildman–Crippen MR) is 83.9 cm³/mol. The number of fused-ring (bicyclic) bond motifs is 3. The molecule has 2 aliphatic rings. The van der Waals surface area contributed by atoms with Gasteiger partial charge >= 0.3 is 0 Å². The van der Waals surface area contributed by atoms with Crippen LogP contribution in [0, 0.1) is 6.92 Å². The first-order valence-electron chi connectivity index (χ1n) is 7.90. The van der Waals surface area contributed by atoms with Gasteiger partial charge in [-0.2, -0.15) is 0 Å². The molecule has 1 fully saturated rings. The van der Waals surface area contributed by atoms with Gasteiger partial charge in [0.1, 0.15) is 10.6 Å². The lowest BCUT2D eigenvalue weighted by Gasteiger charge is -2.23. The first-order valence-corrected chi connectivity index (χ1v) is 8.71. The molecule has 2 nitrogen and oxygen atoms in total. The van der Waals surface area contributed by atoms with E-state index in [2.05, 4.69) is 13.0 Å². The van der Waals surface area contributed by atoms with Crippen molar-refractivity contribution in [1.82, 2.24) is 4.98 Å². The average molecular weight is 287 g/mol. The van der Waals surface area contributed by atoms with Gasteiger partial charge in [-0.3, -0.25) is 0 Å². The minimum absolute atomic E-state index is 0.422. The van der Waals surface area contributed by atoms with Crippen LogP contribution in [0.1, 0.15) is 54.7 Å². The zero-order valence-electron chi connectivity index (χ0n) is 12.1. The van der Waals surface area contributed by atoms with E-state index >= 15 is 0 Å². The number of pyridine rings is 1. The van der Waals surface area contributed by atoms with Crippen LogP contribution in [0.15, 0.2) is 6.07 Å². The largest absolute Gasteiger partial charge is 0.490 e. The zero-order chi connectivity index (χ0) is 13.5. The van der Waals surface area contributed by atoms with Crippen molar-refractivity contribution in [1.29, 1.82) is 0 Å². The number of aromatic nitrogens is 1. The van der Waals surface area contributed by atoms with E-state index in [1.54, 1.807) is 4.88 Å². The lowest BCUT2D eigenvalue weighted by atomic mass is 9.97. The van der Waals surface area contributed by atoms with Crippen molar-refractivity contribution < 1.29 is 4.74 Å². The molecule has 1 saturated carbocycles. The van der Waals surface area contributed by atoms with Crippen molar-refractivity contribution in [2.24, 2.45) is 0 Å². The minimum atomic E-state index is 0.422. The molecule has 4 rings (SSSR count). The fourth-order valence-electron chi connectivity index (χ4n) is 3.63. The number of nitrogens with zero attached hydrogens (tertiary/aromatic N) is 1. The van der Waals surface area contributed by atoms with Crippen molar-refractivity contribution in [3.63, 3.8) is 0 Å². The van der Waals surface area contributed by atoms with Crippen LogP contribution in [0.25, 0.3) is 10.2 Å². The number of hydrogen-bond donors (Lipinski definition) is 0. The van der Waals surface area contributed by atoms with E-state index in [0.717, 1.165) is 11.4 Å². The Labute approximate surface area is 124 Å². The van der Waals surface area contributed by atoms with Gasteiger partial charge in [0.2, 0.25) is 0 Å². The summed E-state index contributed by atoms with van der Waals surface area (Å²) < 4.78 is 6.40. The summed E-state index contributed by atoms with van der Waals surface area (Å²) in [5.41, 5.74) is 2.62. The van der Waals surface area contributed by atoms with Crippen molar-refractivity contribution in [2.45, 2.75) is 64.4 Å². The third kappa shape index (κ3) is 2.12. The highest BCUT2D eigenvalue weighted by Gasteiger charge is 2.23. The van der Waals surface area contributed by atoms with Gasteiger partial charge in [0, 0.05) is 16.6 Å². The van der Waals surface area contributed by atoms with E-state index < -0.39 is 0 Å². The maximum absolute atomic E-state index is 6.40. The Morgan fingerprint density at radius 3 is 2.85 bits per heavy atom. The average Bonchev–Trinajstić information content (AvgIpc) is 2.99. The summed E-state index contributed by atoms with van der Waals surface area (Å²) in [5.74, 6) is 1.11. The fourth-order valence-corrected chi connectivity index (χ4v) is 4.96.